The molecule has 1 saturated carbocycles. The number of halogens is 5. The molecule has 0 aromatic heterocycles. The molecule has 4 rings (SSSR count). The largest absolute Gasteiger partial charge is 0.453 e. The van der Waals surface area contributed by atoms with Crippen LogP contribution in [0.15, 0.2) is 48.5 Å². The van der Waals surface area contributed by atoms with Gasteiger partial charge in [0.15, 0.2) is 29.0 Å². The van der Waals surface area contributed by atoms with Crippen molar-refractivity contribution in [2.45, 2.75) is 58.3 Å². The highest BCUT2D eigenvalue weighted by molar-refractivity contribution is 5.72. The van der Waals surface area contributed by atoms with Gasteiger partial charge in [0, 0.05) is 23.3 Å². The standard InChI is InChI=1S/C29H29F5O/c1-2-6-18-9-11-19(12-10-18)13-14-22-24(30)17-23(20-7-4-3-5-8-20)29(27(22)33)35-21-15-25(31)28(34)26(32)16-21/h3-5,7-8,15-19H,2,6,9-14H2,1H3/t18-,19-. The minimum atomic E-state index is -1.64. The molecule has 35 heavy (non-hydrogen) atoms. The molecule has 0 spiro atoms. The topological polar surface area (TPSA) is 9.23 Å². The van der Waals surface area contributed by atoms with Crippen molar-refractivity contribution in [2.75, 3.05) is 0 Å². The van der Waals surface area contributed by atoms with E-state index in [1.54, 1.807) is 30.3 Å². The van der Waals surface area contributed by atoms with Crippen LogP contribution in [0.25, 0.3) is 11.1 Å². The third-order valence-corrected chi connectivity index (χ3v) is 7.00. The van der Waals surface area contributed by atoms with Gasteiger partial charge < -0.3 is 4.74 Å². The number of benzene rings is 3. The average molecular weight is 489 g/mol. The Bertz CT molecular complexity index is 1130. The molecule has 0 atom stereocenters. The van der Waals surface area contributed by atoms with E-state index in [-0.39, 0.29) is 23.3 Å². The summed E-state index contributed by atoms with van der Waals surface area (Å²) in [5, 5.41) is 0. The molecule has 0 bridgehead atoms. The van der Waals surface area contributed by atoms with Gasteiger partial charge in [0.2, 0.25) is 0 Å². The van der Waals surface area contributed by atoms with Crippen molar-refractivity contribution in [3.8, 4) is 22.6 Å². The van der Waals surface area contributed by atoms with Crippen LogP contribution in [-0.2, 0) is 6.42 Å². The fraction of sp³-hybridized carbons (Fsp3) is 0.379. The van der Waals surface area contributed by atoms with Crippen molar-refractivity contribution < 1.29 is 26.7 Å². The predicted octanol–water partition coefficient (Wildman–Crippen LogP) is 9.38. The molecule has 1 fully saturated rings. The van der Waals surface area contributed by atoms with Crippen molar-refractivity contribution in [2.24, 2.45) is 11.8 Å². The summed E-state index contributed by atoms with van der Waals surface area (Å²) in [4.78, 5) is 0. The highest BCUT2D eigenvalue weighted by Crippen LogP contribution is 2.40. The first-order valence-electron chi connectivity index (χ1n) is 12.3. The van der Waals surface area contributed by atoms with Crippen molar-refractivity contribution >= 4 is 0 Å². The molecule has 6 heteroatoms. The second-order valence-electron chi connectivity index (χ2n) is 9.41. The molecule has 0 N–H and O–H groups in total. The zero-order valence-corrected chi connectivity index (χ0v) is 19.7. The van der Waals surface area contributed by atoms with Crippen molar-refractivity contribution in [1.29, 1.82) is 0 Å². The second kappa shape index (κ2) is 11.2. The van der Waals surface area contributed by atoms with Gasteiger partial charge in [-0.3, -0.25) is 0 Å². The molecule has 0 saturated heterocycles. The summed E-state index contributed by atoms with van der Waals surface area (Å²) in [6.07, 6.45) is 7.63. The van der Waals surface area contributed by atoms with E-state index in [1.165, 1.54) is 18.9 Å². The Balaban J connectivity index is 1.64. The molecule has 3 aromatic rings. The monoisotopic (exact) mass is 488 g/mol. The molecule has 0 unspecified atom stereocenters. The van der Waals surface area contributed by atoms with E-state index in [9.17, 15) is 13.2 Å². The molecular weight excluding hydrogens is 459 g/mol. The van der Waals surface area contributed by atoms with Gasteiger partial charge in [-0.1, -0.05) is 75.8 Å². The van der Waals surface area contributed by atoms with Gasteiger partial charge in [0.25, 0.3) is 0 Å². The Morgan fingerprint density at radius 2 is 1.34 bits per heavy atom. The van der Waals surface area contributed by atoms with E-state index >= 15 is 8.78 Å². The van der Waals surface area contributed by atoms with Gasteiger partial charge in [-0.2, -0.15) is 0 Å². The summed E-state index contributed by atoms with van der Waals surface area (Å²) >= 11 is 0. The van der Waals surface area contributed by atoms with Gasteiger partial charge in [0.1, 0.15) is 11.6 Å². The van der Waals surface area contributed by atoms with Gasteiger partial charge in [0.05, 0.1) is 0 Å². The normalized spacial score (nSPS) is 18.0. The number of ether oxygens (including phenoxy) is 1. The first-order chi connectivity index (χ1) is 16.9. The lowest BCUT2D eigenvalue weighted by atomic mass is 9.78. The lowest BCUT2D eigenvalue weighted by molar-refractivity contribution is 0.251. The van der Waals surface area contributed by atoms with Crippen molar-refractivity contribution in [3.05, 3.63) is 83.2 Å². The van der Waals surface area contributed by atoms with Crippen LogP contribution in [0.2, 0.25) is 0 Å². The zero-order chi connectivity index (χ0) is 24.9. The molecule has 1 aliphatic rings. The Labute approximate surface area is 202 Å². The van der Waals surface area contributed by atoms with Crippen LogP contribution in [-0.4, -0.2) is 0 Å². The highest BCUT2D eigenvalue weighted by atomic mass is 19.2. The van der Waals surface area contributed by atoms with Crippen LogP contribution in [0.3, 0.4) is 0 Å². The van der Waals surface area contributed by atoms with Crippen molar-refractivity contribution in [3.63, 3.8) is 0 Å². The molecule has 0 radical (unpaired) electrons. The first-order valence-corrected chi connectivity index (χ1v) is 12.3. The molecule has 1 aliphatic carbocycles. The smallest absolute Gasteiger partial charge is 0.194 e. The summed E-state index contributed by atoms with van der Waals surface area (Å²) in [6.45, 7) is 2.19. The maximum absolute atomic E-state index is 15.7. The minimum absolute atomic E-state index is 0.106. The average Bonchev–Trinajstić information content (AvgIpc) is 2.85. The first kappa shape index (κ1) is 25.2. The summed E-state index contributed by atoms with van der Waals surface area (Å²) in [7, 11) is 0. The third kappa shape index (κ3) is 5.85. The summed E-state index contributed by atoms with van der Waals surface area (Å²) in [6, 6.07) is 10.9. The third-order valence-electron chi connectivity index (χ3n) is 7.00. The van der Waals surface area contributed by atoms with Gasteiger partial charge in [-0.15, -0.1) is 0 Å². The van der Waals surface area contributed by atoms with Crippen LogP contribution in [0.4, 0.5) is 22.0 Å². The maximum Gasteiger partial charge on any atom is 0.194 e. The number of hydrogen-bond acceptors (Lipinski definition) is 1. The summed E-state index contributed by atoms with van der Waals surface area (Å²) in [5.41, 5.74) is 0.470. The van der Waals surface area contributed by atoms with Gasteiger partial charge >= 0.3 is 0 Å². The Hall–Kier alpha value is -2.89. The van der Waals surface area contributed by atoms with Gasteiger partial charge in [-0.25, -0.2) is 22.0 Å². The quantitative estimate of drug-likeness (QED) is 0.227. The fourth-order valence-electron chi connectivity index (χ4n) is 5.08. The number of hydrogen-bond donors (Lipinski definition) is 0. The maximum atomic E-state index is 15.7. The summed E-state index contributed by atoms with van der Waals surface area (Å²) < 4.78 is 77.4. The van der Waals surface area contributed by atoms with E-state index in [0.717, 1.165) is 31.6 Å². The van der Waals surface area contributed by atoms with E-state index in [0.29, 0.717) is 30.0 Å². The molecule has 186 valence electrons. The number of rotatable bonds is 8. The van der Waals surface area contributed by atoms with Crippen LogP contribution >= 0.6 is 0 Å². The zero-order valence-electron chi connectivity index (χ0n) is 19.7. The van der Waals surface area contributed by atoms with E-state index in [1.807, 2.05) is 0 Å². The lowest BCUT2D eigenvalue weighted by Crippen LogP contribution is -2.15. The minimum Gasteiger partial charge on any atom is -0.453 e. The summed E-state index contributed by atoms with van der Waals surface area (Å²) in [5.74, 6) is -5.76. The highest BCUT2D eigenvalue weighted by Gasteiger charge is 2.25. The SMILES string of the molecule is CCC[C@H]1CC[C@H](CCc2c(F)cc(-c3ccccc3)c(Oc3cc(F)c(F)c(F)c3)c2F)CC1. The molecule has 1 nitrogen and oxygen atoms in total. The Morgan fingerprint density at radius 1 is 0.743 bits per heavy atom. The van der Waals surface area contributed by atoms with Crippen LogP contribution < -0.4 is 4.74 Å². The van der Waals surface area contributed by atoms with E-state index in [4.69, 9.17) is 4.74 Å². The van der Waals surface area contributed by atoms with Crippen LogP contribution in [0.5, 0.6) is 11.5 Å². The fourth-order valence-corrected chi connectivity index (χ4v) is 5.08. The Kier molecular flexibility index (Phi) is 8.09. The van der Waals surface area contributed by atoms with Crippen molar-refractivity contribution in [1.82, 2.24) is 0 Å². The van der Waals surface area contributed by atoms with Gasteiger partial charge in [-0.05, 0) is 36.3 Å². The van der Waals surface area contributed by atoms with Crippen LogP contribution in [0, 0.1) is 40.9 Å². The second-order valence-corrected chi connectivity index (χ2v) is 9.41. The molecular formula is C29H29F5O. The molecule has 0 aliphatic heterocycles. The van der Waals surface area contributed by atoms with E-state index in [2.05, 4.69) is 6.92 Å². The lowest BCUT2D eigenvalue weighted by Gasteiger charge is -2.28. The van der Waals surface area contributed by atoms with E-state index < -0.39 is 34.8 Å². The molecule has 0 amide bonds. The predicted molar refractivity (Wildman–Crippen MR) is 127 cm³/mol. The van der Waals surface area contributed by atoms with Crippen LogP contribution in [0.1, 0.15) is 57.4 Å². The Morgan fingerprint density at radius 3 is 1.94 bits per heavy atom. The molecule has 0 heterocycles. The molecule has 3 aromatic carbocycles.